The van der Waals surface area contributed by atoms with E-state index in [0.29, 0.717) is 38.9 Å². The van der Waals surface area contributed by atoms with Gasteiger partial charge in [-0.2, -0.15) is 13.2 Å². The highest BCUT2D eigenvalue weighted by Crippen LogP contribution is 2.46. The molecule has 160 valence electrons. The zero-order valence-electron chi connectivity index (χ0n) is 16.7. The van der Waals surface area contributed by atoms with Crippen LogP contribution in [0.5, 0.6) is 0 Å². The smallest absolute Gasteiger partial charge is 0.395 e. The number of rotatable bonds is 7. The summed E-state index contributed by atoms with van der Waals surface area (Å²) in [5.74, 6) is -1.72. The molecule has 1 amide bonds. The van der Waals surface area contributed by atoms with Gasteiger partial charge in [-0.3, -0.25) is 4.79 Å². The Kier molecular flexibility index (Phi) is 7.01. The molecule has 0 spiro atoms. The van der Waals surface area contributed by atoms with E-state index >= 15 is 0 Å². The van der Waals surface area contributed by atoms with E-state index in [0.717, 1.165) is 22.5 Å². The molecule has 1 aromatic rings. The summed E-state index contributed by atoms with van der Waals surface area (Å²) >= 11 is 0. The van der Waals surface area contributed by atoms with Gasteiger partial charge < -0.3 is 14.9 Å². The van der Waals surface area contributed by atoms with E-state index in [2.05, 4.69) is 0 Å². The third-order valence-corrected chi connectivity index (χ3v) is 5.99. The molecule has 1 heterocycles. The Hall–Kier alpha value is -1.86. The van der Waals surface area contributed by atoms with Crippen LogP contribution in [0.3, 0.4) is 0 Å². The molecule has 1 saturated carbocycles. The molecule has 1 aliphatic carbocycles. The summed E-state index contributed by atoms with van der Waals surface area (Å²) in [6, 6.07) is 8.96. The lowest BCUT2D eigenvalue weighted by atomic mass is 10.0. The van der Waals surface area contributed by atoms with Gasteiger partial charge in [0, 0.05) is 37.6 Å². The summed E-state index contributed by atoms with van der Waals surface area (Å²) in [6.45, 7) is 3.76. The average Bonchev–Trinajstić information content (AvgIpc) is 3.48. The van der Waals surface area contributed by atoms with Crippen LogP contribution in [-0.4, -0.2) is 65.3 Å². The predicted octanol–water partition coefficient (Wildman–Crippen LogP) is 3.72. The SMILES string of the molecule is CC/C(=C\c1ccccc1)[C@@H]1C[C@H]1N(C(=O)C(F)(F)F)C1CCN(CCO)CC1. The number of likely N-dealkylation sites (tertiary alicyclic amines) is 1. The number of alkyl halides is 3. The molecule has 2 aliphatic rings. The third-order valence-electron chi connectivity index (χ3n) is 5.99. The molecule has 0 bridgehead atoms. The number of aliphatic hydroxyl groups excluding tert-OH is 1. The van der Waals surface area contributed by atoms with E-state index in [-0.39, 0.29) is 18.6 Å². The second-order valence-corrected chi connectivity index (χ2v) is 7.90. The molecular weight excluding hydrogens is 381 g/mol. The molecular formula is C22H29F3N2O2. The van der Waals surface area contributed by atoms with Gasteiger partial charge in [-0.05, 0) is 31.2 Å². The lowest BCUT2D eigenvalue weighted by molar-refractivity contribution is -0.189. The first-order chi connectivity index (χ1) is 13.8. The highest BCUT2D eigenvalue weighted by atomic mass is 19.4. The Labute approximate surface area is 170 Å². The van der Waals surface area contributed by atoms with Gasteiger partial charge in [0.1, 0.15) is 0 Å². The number of nitrogens with zero attached hydrogens (tertiary/aromatic N) is 2. The molecule has 0 radical (unpaired) electrons. The molecule has 0 aromatic heterocycles. The maximum atomic E-state index is 13.3. The Morgan fingerprint density at radius 2 is 1.90 bits per heavy atom. The zero-order valence-corrected chi connectivity index (χ0v) is 16.7. The highest BCUT2D eigenvalue weighted by Gasteiger charge is 2.54. The minimum atomic E-state index is -4.86. The quantitative estimate of drug-likeness (QED) is 0.745. The second-order valence-electron chi connectivity index (χ2n) is 7.90. The molecule has 2 atom stereocenters. The summed E-state index contributed by atoms with van der Waals surface area (Å²) in [5, 5.41) is 9.07. The van der Waals surface area contributed by atoms with E-state index in [1.807, 2.05) is 48.2 Å². The van der Waals surface area contributed by atoms with Crippen molar-refractivity contribution in [2.45, 2.75) is 50.9 Å². The maximum Gasteiger partial charge on any atom is 0.471 e. The number of halogens is 3. The normalized spacial score (nSPS) is 23.8. The molecule has 7 heteroatoms. The average molecular weight is 410 g/mol. The second kappa shape index (κ2) is 9.30. The largest absolute Gasteiger partial charge is 0.471 e. The van der Waals surface area contributed by atoms with E-state index in [9.17, 15) is 18.0 Å². The van der Waals surface area contributed by atoms with Crippen LogP contribution >= 0.6 is 0 Å². The Morgan fingerprint density at radius 3 is 2.45 bits per heavy atom. The van der Waals surface area contributed by atoms with Crippen molar-refractivity contribution in [1.82, 2.24) is 9.80 Å². The van der Waals surface area contributed by atoms with Gasteiger partial charge in [-0.25, -0.2) is 0 Å². The number of benzene rings is 1. The molecule has 2 fully saturated rings. The number of carbonyl (C=O) groups is 1. The number of hydrogen-bond acceptors (Lipinski definition) is 3. The molecule has 4 nitrogen and oxygen atoms in total. The summed E-state index contributed by atoms with van der Waals surface area (Å²) < 4.78 is 40.0. The van der Waals surface area contributed by atoms with Crippen LogP contribution in [0.15, 0.2) is 35.9 Å². The van der Waals surface area contributed by atoms with Gasteiger partial charge >= 0.3 is 12.1 Å². The van der Waals surface area contributed by atoms with Crippen LogP contribution in [0.1, 0.15) is 38.2 Å². The standard InChI is InChI=1S/C22H29F3N2O2/c1-2-17(14-16-6-4-3-5-7-16)19-15-20(19)27(21(29)22(23,24)25)18-8-10-26(11-9-18)12-13-28/h3-7,14,18-20,28H,2,8-13,15H2,1H3/b17-14+/t19-,20+/m0/s1. The van der Waals surface area contributed by atoms with Gasteiger partial charge in [-0.1, -0.05) is 48.9 Å². The number of β-amino-alcohol motifs (C(OH)–C–C–N with tert-alkyl or cyclic N) is 1. The van der Waals surface area contributed by atoms with Gasteiger partial charge in [0.15, 0.2) is 0 Å². The fourth-order valence-electron chi connectivity index (χ4n) is 4.42. The first-order valence-corrected chi connectivity index (χ1v) is 10.3. The first-order valence-electron chi connectivity index (χ1n) is 10.3. The number of amides is 1. The molecule has 1 saturated heterocycles. The summed E-state index contributed by atoms with van der Waals surface area (Å²) in [4.78, 5) is 15.5. The van der Waals surface area contributed by atoms with Crippen LogP contribution in [0.2, 0.25) is 0 Å². The number of carbonyl (C=O) groups excluding carboxylic acids is 1. The summed E-state index contributed by atoms with van der Waals surface area (Å²) in [7, 11) is 0. The van der Waals surface area contributed by atoms with Crippen LogP contribution in [-0.2, 0) is 4.79 Å². The van der Waals surface area contributed by atoms with Crippen molar-refractivity contribution in [3.8, 4) is 0 Å². The topological polar surface area (TPSA) is 43.8 Å². The number of piperidine rings is 1. The first kappa shape index (κ1) is 21.8. The summed E-state index contributed by atoms with van der Waals surface area (Å²) in [6.07, 6.45) is -0.455. The van der Waals surface area contributed by atoms with Crippen LogP contribution in [0, 0.1) is 5.92 Å². The van der Waals surface area contributed by atoms with Gasteiger partial charge in [0.05, 0.1) is 6.61 Å². The van der Waals surface area contributed by atoms with Gasteiger partial charge in [0.2, 0.25) is 0 Å². The van der Waals surface area contributed by atoms with E-state index in [4.69, 9.17) is 5.11 Å². The van der Waals surface area contributed by atoms with E-state index in [1.165, 1.54) is 0 Å². The fourth-order valence-corrected chi connectivity index (χ4v) is 4.42. The minimum absolute atomic E-state index is 0.0121. The van der Waals surface area contributed by atoms with Crippen LogP contribution < -0.4 is 0 Å². The van der Waals surface area contributed by atoms with Crippen molar-refractivity contribution in [1.29, 1.82) is 0 Å². The monoisotopic (exact) mass is 410 g/mol. The molecule has 1 N–H and O–H groups in total. The molecule has 29 heavy (non-hydrogen) atoms. The molecule has 0 unspecified atom stereocenters. The van der Waals surface area contributed by atoms with Crippen LogP contribution in [0.25, 0.3) is 6.08 Å². The molecule has 3 rings (SSSR count). The molecule has 1 aliphatic heterocycles. The lowest BCUT2D eigenvalue weighted by Gasteiger charge is -2.39. The lowest BCUT2D eigenvalue weighted by Crippen LogP contribution is -2.53. The van der Waals surface area contributed by atoms with Crippen molar-refractivity contribution >= 4 is 12.0 Å². The summed E-state index contributed by atoms with van der Waals surface area (Å²) in [5.41, 5.74) is 2.12. The number of hydrogen-bond donors (Lipinski definition) is 1. The van der Waals surface area contributed by atoms with Gasteiger partial charge in [0.25, 0.3) is 0 Å². The fraction of sp³-hybridized carbons (Fsp3) is 0.591. The van der Waals surface area contributed by atoms with Crippen molar-refractivity contribution in [2.75, 3.05) is 26.2 Å². The van der Waals surface area contributed by atoms with E-state index < -0.39 is 18.1 Å². The van der Waals surface area contributed by atoms with Crippen molar-refractivity contribution in [3.05, 3.63) is 41.5 Å². The van der Waals surface area contributed by atoms with Crippen molar-refractivity contribution in [2.24, 2.45) is 5.92 Å². The van der Waals surface area contributed by atoms with Crippen molar-refractivity contribution in [3.63, 3.8) is 0 Å². The number of aliphatic hydroxyl groups is 1. The van der Waals surface area contributed by atoms with E-state index in [1.54, 1.807) is 0 Å². The third kappa shape index (κ3) is 5.39. The van der Waals surface area contributed by atoms with Gasteiger partial charge in [-0.15, -0.1) is 0 Å². The minimum Gasteiger partial charge on any atom is -0.395 e. The predicted molar refractivity (Wildman–Crippen MR) is 106 cm³/mol. The zero-order chi connectivity index (χ0) is 21.0. The Morgan fingerprint density at radius 1 is 1.24 bits per heavy atom. The Balaban J connectivity index is 1.76. The van der Waals surface area contributed by atoms with Crippen LogP contribution in [0.4, 0.5) is 13.2 Å². The maximum absolute atomic E-state index is 13.3. The molecule has 1 aromatic carbocycles. The highest BCUT2D eigenvalue weighted by molar-refractivity contribution is 5.83. The Bertz CT molecular complexity index is 713. The van der Waals surface area contributed by atoms with Crippen molar-refractivity contribution < 1.29 is 23.1 Å².